The van der Waals surface area contributed by atoms with Crippen molar-refractivity contribution in [2.75, 3.05) is 21.3 Å². The van der Waals surface area contributed by atoms with E-state index in [0.29, 0.717) is 0 Å². The average molecular weight is 303 g/mol. The van der Waals surface area contributed by atoms with Gasteiger partial charge in [0.1, 0.15) is 0 Å². The lowest BCUT2D eigenvalue weighted by Gasteiger charge is -2.30. The van der Waals surface area contributed by atoms with E-state index in [9.17, 15) is 0 Å². The zero-order valence-electron chi connectivity index (χ0n) is 12.3. The molecule has 0 N–H and O–H groups in total. The second kappa shape index (κ2) is 7.41. The smallest absolute Gasteiger partial charge is 0.376 e. The summed E-state index contributed by atoms with van der Waals surface area (Å²) in [7, 11) is 2.26. The summed E-state index contributed by atoms with van der Waals surface area (Å²) in [5, 5.41) is 0.0682. The van der Waals surface area contributed by atoms with Gasteiger partial charge < -0.3 is 13.3 Å². The van der Waals surface area contributed by atoms with Gasteiger partial charge in [-0.15, -0.1) is 11.6 Å². The van der Waals surface area contributed by atoms with Gasteiger partial charge in [0, 0.05) is 21.3 Å². The molecule has 0 fully saturated rings. The molecule has 2 atom stereocenters. The molecule has 1 rings (SSSR count). The highest BCUT2D eigenvalue weighted by atomic mass is 35.5. The molecular weight excluding hydrogens is 280 g/mol. The van der Waals surface area contributed by atoms with Crippen LogP contribution < -0.4 is 0 Å². The fraction of sp³-hybridized carbons (Fsp3) is 0.571. The first-order chi connectivity index (χ1) is 9.04. The van der Waals surface area contributed by atoms with E-state index in [0.717, 1.165) is 17.5 Å². The molecule has 0 amide bonds. The van der Waals surface area contributed by atoms with Crippen LogP contribution in [0, 0.1) is 0 Å². The van der Waals surface area contributed by atoms with Gasteiger partial charge in [0.05, 0.1) is 10.9 Å². The average Bonchev–Trinajstić information content (AvgIpc) is 2.48. The third kappa shape index (κ3) is 3.58. The van der Waals surface area contributed by atoms with Crippen LogP contribution in [0.4, 0.5) is 0 Å². The summed E-state index contributed by atoms with van der Waals surface area (Å²) in [6.07, 6.45) is 0.920. The highest BCUT2D eigenvalue weighted by Gasteiger charge is 2.45. The maximum absolute atomic E-state index is 6.23. The van der Waals surface area contributed by atoms with E-state index in [1.165, 1.54) is 0 Å². The standard InChI is InChI=1S/C14H23ClO3Si/c1-6-14(15)13-9-7-12(8-10-13)11(2)19(16-3,17-4)18-5/h7-11,14H,6H2,1-5H3. The molecule has 0 radical (unpaired) electrons. The van der Waals surface area contributed by atoms with Crippen molar-refractivity contribution in [1.82, 2.24) is 0 Å². The Morgan fingerprint density at radius 1 is 1.00 bits per heavy atom. The molecule has 0 saturated carbocycles. The third-order valence-corrected chi connectivity index (χ3v) is 7.20. The molecule has 1 aromatic rings. The van der Waals surface area contributed by atoms with E-state index >= 15 is 0 Å². The van der Waals surface area contributed by atoms with Crippen LogP contribution in [0.5, 0.6) is 0 Å². The molecule has 5 heteroatoms. The van der Waals surface area contributed by atoms with Crippen molar-refractivity contribution in [2.24, 2.45) is 0 Å². The lowest BCUT2D eigenvalue weighted by molar-refractivity contribution is 0.114. The molecule has 0 spiro atoms. The fourth-order valence-corrected chi connectivity index (χ4v) is 4.52. The number of halogens is 1. The van der Waals surface area contributed by atoms with Gasteiger partial charge in [-0.2, -0.15) is 0 Å². The minimum Gasteiger partial charge on any atom is -0.376 e. The Labute approximate surface area is 122 Å². The van der Waals surface area contributed by atoms with Gasteiger partial charge in [-0.3, -0.25) is 0 Å². The topological polar surface area (TPSA) is 27.7 Å². The van der Waals surface area contributed by atoms with Crippen molar-refractivity contribution in [1.29, 1.82) is 0 Å². The number of alkyl halides is 1. The second-order valence-corrected chi connectivity index (χ2v) is 8.30. The lowest BCUT2D eigenvalue weighted by Crippen LogP contribution is -2.48. The summed E-state index contributed by atoms with van der Waals surface area (Å²) in [5.41, 5.74) is 2.36. The van der Waals surface area contributed by atoms with Crippen LogP contribution in [-0.4, -0.2) is 30.1 Å². The van der Waals surface area contributed by atoms with Gasteiger partial charge >= 0.3 is 8.80 Å². The first-order valence-corrected chi connectivity index (χ1v) is 8.67. The minimum atomic E-state index is -2.65. The number of hydrogen-bond acceptors (Lipinski definition) is 3. The molecule has 19 heavy (non-hydrogen) atoms. The summed E-state index contributed by atoms with van der Waals surface area (Å²) in [4.78, 5) is 0. The van der Waals surface area contributed by atoms with E-state index in [1.54, 1.807) is 21.3 Å². The highest BCUT2D eigenvalue weighted by molar-refractivity contribution is 6.62. The van der Waals surface area contributed by atoms with Crippen molar-refractivity contribution in [2.45, 2.75) is 31.2 Å². The van der Waals surface area contributed by atoms with Crippen LogP contribution >= 0.6 is 11.6 Å². The zero-order valence-corrected chi connectivity index (χ0v) is 14.0. The molecule has 0 aliphatic rings. The third-order valence-electron chi connectivity index (χ3n) is 3.54. The lowest BCUT2D eigenvalue weighted by atomic mass is 10.1. The molecule has 2 unspecified atom stereocenters. The molecule has 1 aromatic carbocycles. The number of rotatable bonds is 7. The van der Waals surface area contributed by atoms with Crippen molar-refractivity contribution < 1.29 is 13.3 Å². The quantitative estimate of drug-likeness (QED) is 0.565. The van der Waals surface area contributed by atoms with Crippen molar-refractivity contribution in [3.8, 4) is 0 Å². The van der Waals surface area contributed by atoms with Crippen LogP contribution in [0.1, 0.15) is 42.3 Å². The first kappa shape index (κ1) is 16.7. The Morgan fingerprint density at radius 2 is 1.42 bits per heavy atom. The van der Waals surface area contributed by atoms with Gasteiger partial charge in [-0.25, -0.2) is 0 Å². The van der Waals surface area contributed by atoms with E-state index in [-0.39, 0.29) is 10.9 Å². The van der Waals surface area contributed by atoms with Crippen LogP contribution in [0.25, 0.3) is 0 Å². The Bertz CT molecular complexity index is 371. The Hall–Kier alpha value is -0.393. The van der Waals surface area contributed by atoms with Crippen LogP contribution in [0.15, 0.2) is 24.3 Å². The fourth-order valence-electron chi connectivity index (χ4n) is 2.21. The number of benzene rings is 1. The molecular formula is C14H23ClO3Si. The Morgan fingerprint density at radius 3 is 1.79 bits per heavy atom. The summed E-state index contributed by atoms with van der Waals surface area (Å²) in [6, 6.07) is 8.27. The van der Waals surface area contributed by atoms with Crippen LogP contribution in [-0.2, 0) is 13.3 Å². The summed E-state index contributed by atoms with van der Waals surface area (Å²) in [5.74, 6) is 0. The van der Waals surface area contributed by atoms with Crippen LogP contribution in [0.2, 0.25) is 0 Å². The van der Waals surface area contributed by atoms with E-state index in [1.807, 2.05) is 0 Å². The SMILES string of the molecule is CCC(Cl)c1ccc(C(C)[Si](OC)(OC)OC)cc1. The predicted molar refractivity (Wildman–Crippen MR) is 80.5 cm³/mol. The first-order valence-electron chi connectivity index (χ1n) is 6.44. The summed E-state index contributed by atoms with van der Waals surface area (Å²) in [6.45, 7) is 4.14. The molecule has 3 nitrogen and oxygen atoms in total. The zero-order chi connectivity index (χ0) is 14.5. The molecule has 0 aliphatic carbocycles. The second-order valence-electron chi connectivity index (χ2n) is 4.48. The van der Waals surface area contributed by atoms with E-state index in [2.05, 4.69) is 38.1 Å². The van der Waals surface area contributed by atoms with Crippen molar-refractivity contribution >= 4 is 20.4 Å². The minimum absolute atomic E-state index is 0.0682. The molecule has 0 heterocycles. The molecule has 0 aliphatic heterocycles. The van der Waals surface area contributed by atoms with E-state index in [4.69, 9.17) is 24.9 Å². The van der Waals surface area contributed by atoms with Crippen LogP contribution in [0.3, 0.4) is 0 Å². The monoisotopic (exact) mass is 302 g/mol. The predicted octanol–water partition coefficient (Wildman–Crippen LogP) is 3.90. The molecule has 0 saturated heterocycles. The Kier molecular flexibility index (Phi) is 6.49. The van der Waals surface area contributed by atoms with Gasteiger partial charge in [0.15, 0.2) is 0 Å². The molecule has 108 valence electrons. The largest absolute Gasteiger partial charge is 0.507 e. The molecule has 0 aromatic heterocycles. The summed E-state index contributed by atoms with van der Waals surface area (Å²) >= 11 is 6.23. The maximum Gasteiger partial charge on any atom is 0.507 e. The summed E-state index contributed by atoms with van der Waals surface area (Å²) < 4.78 is 16.6. The maximum atomic E-state index is 6.23. The van der Waals surface area contributed by atoms with Crippen molar-refractivity contribution in [3.63, 3.8) is 0 Å². The Balaban J connectivity index is 2.96. The van der Waals surface area contributed by atoms with E-state index < -0.39 is 8.80 Å². The van der Waals surface area contributed by atoms with Crippen molar-refractivity contribution in [3.05, 3.63) is 35.4 Å². The number of hydrogen-bond donors (Lipinski definition) is 0. The normalized spacial score (nSPS) is 15.3. The van der Waals surface area contributed by atoms with Gasteiger partial charge in [-0.05, 0) is 17.5 Å². The van der Waals surface area contributed by atoms with Gasteiger partial charge in [-0.1, -0.05) is 38.1 Å². The molecule has 0 bridgehead atoms. The van der Waals surface area contributed by atoms with Gasteiger partial charge in [0.25, 0.3) is 0 Å². The van der Waals surface area contributed by atoms with Gasteiger partial charge in [0.2, 0.25) is 0 Å². The highest BCUT2D eigenvalue weighted by Crippen LogP contribution is 2.30.